The molecule has 1 rings (SSSR count). The van der Waals surface area contributed by atoms with E-state index in [0.717, 1.165) is 0 Å². The number of amides is 2. The molecule has 0 aromatic heterocycles. The van der Waals surface area contributed by atoms with Crippen molar-refractivity contribution in [3.63, 3.8) is 0 Å². The number of anilines is 2. The fourth-order valence-electron chi connectivity index (χ4n) is 1.39. The monoisotopic (exact) mass is 264 g/mol. The van der Waals surface area contributed by atoms with E-state index in [1.807, 2.05) is 0 Å². The molecule has 0 aliphatic carbocycles. The molecular weight excluding hydrogens is 248 g/mol. The van der Waals surface area contributed by atoms with Crippen LogP contribution in [0.15, 0.2) is 24.3 Å². The molecule has 1 aromatic carbocycles. The van der Waals surface area contributed by atoms with Gasteiger partial charge in [0.15, 0.2) is 0 Å². The van der Waals surface area contributed by atoms with Crippen LogP contribution in [0.2, 0.25) is 0 Å². The zero-order valence-corrected chi connectivity index (χ0v) is 10.9. The Balaban J connectivity index is 2.51. The van der Waals surface area contributed by atoms with Crippen LogP contribution in [0.3, 0.4) is 0 Å². The smallest absolute Gasteiger partial charge is 0.315 e. The normalized spacial score (nSPS) is 9.58. The summed E-state index contributed by atoms with van der Waals surface area (Å²) in [5.41, 5.74) is 1.18. The summed E-state index contributed by atoms with van der Waals surface area (Å²) >= 11 is 0. The number of carbonyl (C=O) groups excluding carboxylic acids is 3. The van der Waals surface area contributed by atoms with Crippen molar-refractivity contribution >= 4 is 29.2 Å². The average Bonchev–Trinajstić information content (AvgIpc) is 2.31. The van der Waals surface area contributed by atoms with Crippen molar-refractivity contribution in [1.82, 2.24) is 0 Å². The van der Waals surface area contributed by atoms with E-state index in [1.54, 1.807) is 31.2 Å². The van der Waals surface area contributed by atoms with Gasteiger partial charge in [0, 0.05) is 18.3 Å². The summed E-state index contributed by atoms with van der Waals surface area (Å²) in [6.45, 7) is 3.34. The Kier molecular flexibility index (Phi) is 5.53. The van der Waals surface area contributed by atoms with Gasteiger partial charge in [-0.05, 0) is 31.2 Å². The molecule has 0 aliphatic heterocycles. The topological polar surface area (TPSA) is 84.5 Å². The highest BCUT2D eigenvalue weighted by Gasteiger charge is 2.10. The second-order valence-corrected chi connectivity index (χ2v) is 3.79. The molecule has 0 saturated carbocycles. The Morgan fingerprint density at radius 1 is 1.05 bits per heavy atom. The Hall–Kier alpha value is -2.37. The minimum atomic E-state index is -0.560. The van der Waals surface area contributed by atoms with E-state index in [2.05, 4.69) is 15.4 Å². The van der Waals surface area contributed by atoms with Crippen molar-refractivity contribution < 1.29 is 19.1 Å². The van der Waals surface area contributed by atoms with Gasteiger partial charge in [-0.2, -0.15) is 0 Å². The van der Waals surface area contributed by atoms with Gasteiger partial charge in [-0.1, -0.05) is 0 Å². The molecule has 0 aliphatic rings. The maximum absolute atomic E-state index is 11.5. The van der Waals surface area contributed by atoms with Gasteiger partial charge in [0.05, 0.1) is 6.61 Å². The highest BCUT2D eigenvalue weighted by molar-refractivity contribution is 6.02. The van der Waals surface area contributed by atoms with Crippen molar-refractivity contribution in [2.24, 2.45) is 0 Å². The van der Waals surface area contributed by atoms with Crippen LogP contribution >= 0.6 is 0 Å². The van der Waals surface area contributed by atoms with E-state index in [1.165, 1.54) is 6.92 Å². The molecular formula is C13H16N2O4. The minimum Gasteiger partial charge on any atom is -0.466 e. The van der Waals surface area contributed by atoms with Gasteiger partial charge in [0.2, 0.25) is 11.8 Å². The number of carbonyl (C=O) groups is 3. The first-order valence-electron chi connectivity index (χ1n) is 5.84. The molecule has 1 aromatic rings. The molecule has 19 heavy (non-hydrogen) atoms. The van der Waals surface area contributed by atoms with Gasteiger partial charge in [-0.15, -0.1) is 0 Å². The summed E-state index contributed by atoms with van der Waals surface area (Å²) in [6.07, 6.45) is -0.318. The highest BCUT2D eigenvalue weighted by Crippen LogP contribution is 2.13. The third kappa shape index (κ3) is 5.67. The Morgan fingerprint density at radius 3 is 2.05 bits per heavy atom. The van der Waals surface area contributed by atoms with Crippen LogP contribution in [0.4, 0.5) is 11.4 Å². The first-order valence-corrected chi connectivity index (χ1v) is 5.84. The lowest BCUT2D eigenvalue weighted by Crippen LogP contribution is -2.18. The largest absolute Gasteiger partial charge is 0.466 e. The van der Waals surface area contributed by atoms with Crippen molar-refractivity contribution in [3.8, 4) is 0 Å². The predicted molar refractivity (Wildman–Crippen MR) is 70.6 cm³/mol. The molecule has 6 heteroatoms. The maximum Gasteiger partial charge on any atom is 0.315 e. The lowest BCUT2D eigenvalue weighted by atomic mass is 10.2. The SMILES string of the molecule is CCOC(=O)CC(=O)Nc1ccc(NC(C)=O)cc1. The molecule has 0 atom stereocenters. The standard InChI is InChI=1S/C13H16N2O4/c1-3-19-13(18)8-12(17)15-11-6-4-10(5-7-11)14-9(2)16/h4-7H,3,8H2,1-2H3,(H,14,16)(H,15,17). The first-order chi connectivity index (χ1) is 9.01. The third-order valence-corrected chi connectivity index (χ3v) is 2.10. The second-order valence-electron chi connectivity index (χ2n) is 3.79. The molecule has 0 radical (unpaired) electrons. The van der Waals surface area contributed by atoms with Gasteiger partial charge in [-0.25, -0.2) is 0 Å². The zero-order chi connectivity index (χ0) is 14.3. The van der Waals surface area contributed by atoms with Gasteiger partial charge in [0.1, 0.15) is 6.42 Å². The number of rotatable bonds is 5. The van der Waals surface area contributed by atoms with Gasteiger partial charge < -0.3 is 15.4 Å². The lowest BCUT2D eigenvalue weighted by molar-refractivity contribution is -0.145. The summed E-state index contributed by atoms with van der Waals surface area (Å²) < 4.78 is 4.67. The summed E-state index contributed by atoms with van der Waals surface area (Å²) in [6, 6.07) is 6.57. The first kappa shape index (κ1) is 14.7. The van der Waals surface area contributed by atoms with Crippen LogP contribution in [0.1, 0.15) is 20.3 Å². The number of hydrogen-bond acceptors (Lipinski definition) is 4. The van der Waals surface area contributed by atoms with E-state index < -0.39 is 11.9 Å². The Labute approximate surface area is 111 Å². The fourth-order valence-corrected chi connectivity index (χ4v) is 1.39. The second kappa shape index (κ2) is 7.15. The van der Waals surface area contributed by atoms with Crippen LogP contribution in [0.25, 0.3) is 0 Å². The lowest BCUT2D eigenvalue weighted by Gasteiger charge is -2.06. The Bertz CT molecular complexity index is 468. The summed E-state index contributed by atoms with van der Waals surface area (Å²) in [7, 11) is 0. The van der Waals surface area contributed by atoms with Gasteiger partial charge in [-0.3, -0.25) is 14.4 Å². The predicted octanol–water partition coefficient (Wildman–Crippen LogP) is 1.54. The number of esters is 1. The minimum absolute atomic E-state index is 0.168. The van der Waals surface area contributed by atoms with E-state index >= 15 is 0 Å². The van der Waals surface area contributed by atoms with Gasteiger partial charge >= 0.3 is 5.97 Å². The molecule has 0 spiro atoms. The number of nitrogens with one attached hydrogen (secondary N) is 2. The van der Waals surface area contributed by atoms with Crippen molar-refractivity contribution in [2.75, 3.05) is 17.2 Å². The Morgan fingerprint density at radius 2 is 1.58 bits per heavy atom. The zero-order valence-electron chi connectivity index (χ0n) is 10.9. The van der Waals surface area contributed by atoms with Crippen molar-refractivity contribution in [1.29, 1.82) is 0 Å². The molecule has 0 unspecified atom stereocenters. The van der Waals surface area contributed by atoms with E-state index in [4.69, 9.17) is 0 Å². The molecule has 0 heterocycles. The average molecular weight is 264 g/mol. The van der Waals surface area contributed by atoms with E-state index in [9.17, 15) is 14.4 Å². The molecule has 0 bridgehead atoms. The number of ether oxygens (including phenoxy) is 1. The van der Waals surface area contributed by atoms with E-state index in [0.29, 0.717) is 11.4 Å². The number of hydrogen-bond donors (Lipinski definition) is 2. The number of benzene rings is 1. The molecule has 0 saturated heterocycles. The summed E-state index contributed by atoms with van der Waals surface area (Å²) in [4.78, 5) is 33.4. The molecule has 102 valence electrons. The molecule has 6 nitrogen and oxygen atoms in total. The van der Waals surface area contributed by atoms with Crippen LogP contribution in [0.5, 0.6) is 0 Å². The highest BCUT2D eigenvalue weighted by atomic mass is 16.5. The van der Waals surface area contributed by atoms with E-state index in [-0.39, 0.29) is 18.9 Å². The van der Waals surface area contributed by atoms with Crippen LogP contribution in [-0.2, 0) is 19.1 Å². The fraction of sp³-hybridized carbons (Fsp3) is 0.308. The summed E-state index contributed by atoms with van der Waals surface area (Å²) in [5, 5.41) is 5.17. The van der Waals surface area contributed by atoms with Crippen LogP contribution < -0.4 is 10.6 Å². The van der Waals surface area contributed by atoms with Crippen LogP contribution in [0, 0.1) is 0 Å². The van der Waals surface area contributed by atoms with Gasteiger partial charge in [0.25, 0.3) is 0 Å². The maximum atomic E-state index is 11.5. The molecule has 2 amide bonds. The van der Waals surface area contributed by atoms with Crippen molar-refractivity contribution in [3.05, 3.63) is 24.3 Å². The van der Waals surface area contributed by atoms with Crippen molar-refractivity contribution in [2.45, 2.75) is 20.3 Å². The quantitative estimate of drug-likeness (QED) is 0.624. The van der Waals surface area contributed by atoms with Crippen LogP contribution in [-0.4, -0.2) is 24.4 Å². The molecule has 0 fully saturated rings. The summed E-state index contributed by atoms with van der Waals surface area (Å²) in [5.74, 6) is -1.17. The third-order valence-electron chi connectivity index (χ3n) is 2.10. The molecule has 2 N–H and O–H groups in total.